The van der Waals surface area contributed by atoms with Gasteiger partial charge >= 0.3 is 5.97 Å². The van der Waals surface area contributed by atoms with E-state index in [4.69, 9.17) is 14.6 Å². The van der Waals surface area contributed by atoms with Crippen LogP contribution in [-0.4, -0.2) is 30.8 Å². The second-order valence-electron chi connectivity index (χ2n) is 3.82. The van der Waals surface area contributed by atoms with Crippen LogP contribution in [-0.2, 0) is 11.3 Å². The summed E-state index contributed by atoms with van der Waals surface area (Å²) in [4.78, 5) is 10.7. The maximum atomic E-state index is 10.7. The average Bonchev–Trinajstić information content (AvgIpc) is 2.37. The van der Waals surface area contributed by atoms with Crippen molar-refractivity contribution >= 4 is 5.97 Å². The van der Waals surface area contributed by atoms with E-state index in [1.165, 1.54) is 0 Å². The molecule has 100 valence electrons. The summed E-state index contributed by atoms with van der Waals surface area (Å²) in [6.07, 6.45) is 0. The second kappa shape index (κ2) is 6.86. The molecule has 0 aromatic heterocycles. The van der Waals surface area contributed by atoms with E-state index in [-0.39, 0.29) is 0 Å². The minimum atomic E-state index is -0.879. The molecule has 0 bridgehead atoms. The van der Waals surface area contributed by atoms with Gasteiger partial charge in [-0.1, -0.05) is 12.1 Å². The van der Waals surface area contributed by atoms with Crippen LogP contribution in [0.25, 0.3) is 0 Å². The van der Waals surface area contributed by atoms with Crippen molar-refractivity contribution in [3.05, 3.63) is 23.8 Å². The van der Waals surface area contributed by atoms with Gasteiger partial charge in [0, 0.05) is 12.1 Å². The summed E-state index contributed by atoms with van der Waals surface area (Å²) in [7, 11) is 1.58. The first-order chi connectivity index (χ1) is 8.60. The number of ether oxygens (including phenoxy) is 2. The molecule has 0 amide bonds. The van der Waals surface area contributed by atoms with Crippen molar-refractivity contribution in [2.45, 2.75) is 26.4 Å². The van der Waals surface area contributed by atoms with Crippen LogP contribution in [0.3, 0.4) is 0 Å². The molecule has 1 aromatic carbocycles. The van der Waals surface area contributed by atoms with Crippen molar-refractivity contribution in [2.24, 2.45) is 0 Å². The molecule has 0 heterocycles. The summed E-state index contributed by atoms with van der Waals surface area (Å²) in [5, 5.41) is 11.7. The van der Waals surface area contributed by atoms with Crippen molar-refractivity contribution in [3.63, 3.8) is 0 Å². The number of methoxy groups -OCH3 is 1. The van der Waals surface area contributed by atoms with Gasteiger partial charge in [-0.3, -0.25) is 4.79 Å². The summed E-state index contributed by atoms with van der Waals surface area (Å²) in [5.74, 6) is 0.433. The summed E-state index contributed by atoms with van der Waals surface area (Å²) < 4.78 is 10.8. The number of carboxylic acid groups (broad SMARTS) is 1. The Hall–Kier alpha value is -1.75. The normalized spacial score (nSPS) is 11.9. The first kappa shape index (κ1) is 14.3. The molecular weight excluding hydrogens is 234 g/mol. The van der Waals surface area contributed by atoms with Gasteiger partial charge in [0.1, 0.15) is 6.04 Å². The SMILES string of the molecule is CCOc1c(CNC(C)C(=O)O)cccc1OC. The number of carbonyl (C=O) groups is 1. The van der Waals surface area contributed by atoms with E-state index in [1.807, 2.05) is 25.1 Å². The molecule has 0 saturated carbocycles. The van der Waals surface area contributed by atoms with Crippen LogP contribution in [0.2, 0.25) is 0 Å². The van der Waals surface area contributed by atoms with E-state index in [0.29, 0.717) is 24.7 Å². The lowest BCUT2D eigenvalue weighted by molar-refractivity contribution is -0.139. The van der Waals surface area contributed by atoms with Gasteiger partial charge in [0.15, 0.2) is 11.5 Å². The minimum absolute atomic E-state index is 0.417. The number of carboxylic acids is 1. The van der Waals surface area contributed by atoms with Crippen molar-refractivity contribution < 1.29 is 19.4 Å². The van der Waals surface area contributed by atoms with Crippen LogP contribution in [0.15, 0.2) is 18.2 Å². The first-order valence-corrected chi connectivity index (χ1v) is 5.85. The number of rotatable bonds is 7. The number of hydrogen-bond donors (Lipinski definition) is 2. The second-order valence-corrected chi connectivity index (χ2v) is 3.82. The molecule has 5 heteroatoms. The highest BCUT2D eigenvalue weighted by molar-refractivity contribution is 5.72. The molecule has 1 unspecified atom stereocenters. The van der Waals surface area contributed by atoms with E-state index in [0.717, 1.165) is 5.56 Å². The Labute approximate surface area is 107 Å². The van der Waals surface area contributed by atoms with E-state index in [1.54, 1.807) is 14.0 Å². The third-order valence-corrected chi connectivity index (χ3v) is 2.54. The monoisotopic (exact) mass is 253 g/mol. The van der Waals surface area contributed by atoms with Gasteiger partial charge in [-0.25, -0.2) is 0 Å². The fourth-order valence-electron chi connectivity index (χ4n) is 1.52. The Kier molecular flexibility index (Phi) is 5.45. The Balaban J connectivity index is 2.83. The Bertz CT molecular complexity index is 406. The number of aliphatic carboxylic acids is 1. The van der Waals surface area contributed by atoms with Crippen LogP contribution in [0, 0.1) is 0 Å². The third-order valence-electron chi connectivity index (χ3n) is 2.54. The van der Waals surface area contributed by atoms with Crippen molar-refractivity contribution in [3.8, 4) is 11.5 Å². The Morgan fingerprint density at radius 3 is 2.78 bits per heavy atom. The number of nitrogens with one attached hydrogen (secondary N) is 1. The molecule has 18 heavy (non-hydrogen) atoms. The summed E-state index contributed by atoms with van der Waals surface area (Å²) in [6.45, 7) is 4.44. The summed E-state index contributed by atoms with van der Waals surface area (Å²) in [5.41, 5.74) is 0.879. The van der Waals surface area contributed by atoms with Crippen molar-refractivity contribution in [1.29, 1.82) is 0 Å². The minimum Gasteiger partial charge on any atom is -0.493 e. The summed E-state index contributed by atoms with van der Waals surface area (Å²) >= 11 is 0. The fraction of sp³-hybridized carbons (Fsp3) is 0.462. The largest absolute Gasteiger partial charge is 0.493 e. The molecule has 5 nitrogen and oxygen atoms in total. The highest BCUT2D eigenvalue weighted by Gasteiger charge is 2.13. The Morgan fingerprint density at radius 1 is 1.50 bits per heavy atom. The van der Waals surface area contributed by atoms with Crippen LogP contribution in [0.5, 0.6) is 11.5 Å². The van der Waals surface area contributed by atoms with Crippen molar-refractivity contribution in [2.75, 3.05) is 13.7 Å². The average molecular weight is 253 g/mol. The lowest BCUT2D eigenvalue weighted by Gasteiger charge is -2.15. The van der Waals surface area contributed by atoms with E-state index in [2.05, 4.69) is 5.32 Å². The van der Waals surface area contributed by atoms with E-state index in [9.17, 15) is 4.79 Å². The molecule has 1 rings (SSSR count). The molecule has 0 aliphatic rings. The zero-order valence-electron chi connectivity index (χ0n) is 10.9. The number of hydrogen-bond acceptors (Lipinski definition) is 4. The van der Waals surface area contributed by atoms with Gasteiger partial charge < -0.3 is 19.9 Å². The maximum absolute atomic E-state index is 10.7. The fourth-order valence-corrected chi connectivity index (χ4v) is 1.52. The van der Waals surface area contributed by atoms with Gasteiger partial charge in [-0.05, 0) is 19.9 Å². The molecule has 0 radical (unpaired) electrons. The number of benzene rings is 1. The molecule has 0 fully saturated rings. The molecule has 0 aliphatic heterocycles. The maximum Gasteiger partial charge on any atom is 0.320 e. The first-order valence-electron chi connectivity index (χ1n) is 5.85. The van der Waals surface area contributed by atoms with Crippen LogP contribution in [0.4, 0.5) is 0 Å². The van der Waals surface area contributed by atoms with E-state index >= 15 is 0 Å². The lowest BCUT2D eigenvalue weighted by Crippen LogP contribution is -2.33. The van der Waals surface area contributed by atoms with Crippen molar-refractivity contribution in [1.82, 2.24) is 5.32 Å². The standard InChI is InChI=1S/C13H19NO4/c1-4-18-12-10(6-5-7-11(12)17-3)8-14-9(2)13(15)16/h5-7,9,14H,4,8H2,1-3H3,(H,15,16). The predicted molar refractivity (Wildman–Crippen MR) is 68.1 cm³/mol. The highest BCUT2D eigenvalue weighted by atomic mass is 16.5. The van der Waals surface area contributed by atoms with Crippen LogP contribution >= 0.6 is 0 Å². The Morgan fingerprint density at radius 2 is 2.22 bits per heavy atom. The predicted octanol–water partition coefficient (Wildman–Crippen LogP) is 1.66. The molecule has 1 atom stereocenters. The molecular formula is C13H19NO4. The van der Waals surface area contributed by atoms with Gasteiger partial charge in [0.05, 0.1) is 13.7 Å². The summed E-state index contributed by atoms with van der Waals surface area (Å²) in [6, 6.07) is 4.94. The molecule has 1 aromatic rings. The number of para-hydroxylation sites is 1. The van der Waals surface area contributed by atoms with Crippen LogP contribution in [0.1, 0.15) is 19.4 Å². The zero-order valence-corrected chi connectivity index (χ0v) is 10.9. The van der Waals surface area contributed by atoms with E-state index < -0.39 is 12.0 Å². The van der Waals surface area contributed by atoms with Gasteiger partial charge in [0.25, 0.3) is 0 Å². The molecule has 0 saturated heterocycles. The topological polar surface area (TPSA) is 67.8 Å². The zero-order chi connectivity index (χ0) is 13.5. The third kappa shape index (κ3) is 3.63. The van der Waals surface area contributed by atoms with Gasteiger partial charge in [-0.15, -0.1) is 0 Å². The smallest absolute Gasteiger partial charge is 0.320 e. The van der Waals surface area contributed by atoms with Crippen LogP contribution < -0.4 is 14.8 Å². The molecule has 0 spiro atoms. The van der Waals surface area contributed by atoms with Gasteiger partial charge in [-0.2, -0.15) is 0 Å². The molecule has 0 aliphatic carbocycles. The quantitative estimate of drug-likeness (QED) is 0.773. The molecule has 2 N–H and O–H groups in total. The highest BCUT2D eigenvalue weighted by Crippen LogP contribution is 2.30. The lowest BCUT2D eigenvalue weighted by atomic mass is 10.1. The van der Waals surface area contributed by atoms with Gasteiger partial charge in [0.2, 0.25) is 0 Å².